The Morgan fingerprint density at radius 2 is 0.830 bits per heavy atom. The van der Waals surface area contributed by atoms with Gasteiger partial charge in [-0.05, 0) is 86.6 Å². The number of aromatic nitrogens is 2. The Balaban J connectivity index is 1.16. The molecule has 2 aromatic heterocycles. The minimum absolute atomic E-state index is 0.692. The van der Waals surface area contributed by atoms with E-state index in [2.05, 4.69) is 158 Å². The molecule has 0 aliphatic rings. The highest BCUT2D eigenvalue weighted by molar-refractivity contribution is 6.19. The molecule has 248 valence electrons. The molecule has 3 heteroatoms. The molecule has 10 rings (SSSR count). The topological polar surface area (TPSA) is 38.9 Å². The Morgan fingerprint density at radius 1 is 0.302 bits per heavy atom. The zero-order chi connectivity index (χ0) is 35.1. The number of hydrogen-bond donors (Lipinski definition) is 0. The summed E-state index contributed by atoms with van der Waals surface area (Å²) in [6.07, 6.45) is 0. The summed E-state index contributed by atoms with van der Waals surface area (Å²) in [5.74, 6) is 0.692. The van der Waals surface area contributed by atoms with Gasteiger partial charge >= 0.3 is 0 Å². The van der Waals surface area contributed by atoms with Crippen LogP contribution < -0.4 is 0 Å². The lowest BCUT2D eigenvalue weighted by Crippen LogP contribution is -1.96. The summed E-state index contributed by atoms with van der Waals surface area (Å²) < 4.78 is 6.52. The van der Waals surface area contributed by atoms with E-state index < -0.39 is 0 Å². The standard InChI is InChI=1S/C50H32N2O/c1-4-12-33(13-5-1)34-20-22-35(23-21-34)40-28-41(39-24-26-44-48(31-39)53-47-27-25-36-14-10-11-19-43(36)49(44)47)30-42(29-40)46-32-45(37-15-6-2-7-16-37)51-50(52-46)38-17-8-3-9-18-38/h1-32H. The molecule has 0 saturated heterocycles. The van der Waals surface area contributed by atoms with E-state index in [1.807, 2.05) is 36.4 Å². The van der Waals surface area contributed by atoms with Crippen LogP contribution >= 0.6 is 0 Å². The molecule has 2 heterocycles. The van der Waals surface area contributed by atoms with Crippen molar-refractivity contribution in [3.8, 4) is 67.3 Å². The number of benzene rings is 8. The third kappa shape index (κ3) is 5.75. The molecule has 0 saturated carbocycles. The van der Waals surface area contributed by atoms with Gasteiger partial charge in [-0.15, -0.1) is 0 Å². The fourth-order valence-corrected chi connectivity index (χ4v) is 7.39. The largest absolute Gasteiger partial charge is 0.456 e. The third-order valence-corrected chi connectivity index (χ3v) is 10.1. The Hall–Kier alpha value is -7.10. The van der Waals surface area contributed by atoms with Gasteiger partial charge in [-0.2, -0.15) is 0 Å². The Labute approximate surface area is 307 Å². The zero-order valence-electron chi connectivity index (χ0n) is 28.8. The van der Waals surface area contributed by atoms with Gasteiger partial charge in [0.05, 0.1) is 11.4 Å². The van der Waals surface area contributed by atoms with E-state index in [4.69, 9.17) is 14.4 Å². The number of nitrogens with zero attached hydrogens (tertiary/aromatic N) is 2. The van der Waals surface area contributed by atoms with Gasteiger partial charge < -0.3 is 4.42 Å². The fourth-order valence-electron chi connectivity index (χ4n) is 7.39. The van der Waals surface area contributed by atoms with Crippen LogP contribution in [0.3, 0.4) is 0 Å². The summed E-state index contributed by atoms with van der Waals surface area (Å²) in [6.45, 7) is 0. The average Bonchev–Trinajstić information content (AvgIpc) is 3.63. The predicted molar refractivity (Wildman–Crippen MR) is 219 cm³/mol. The molecule has 0 atom stereocenters. The molecule has 0 spiro atoms. The molecule has 8 aromatic carbocycles. The number of rotatable bonds is 6. The zero-order valence-corrected chi connectivity index (χ0v) is 28.8. The van der Waals surface area contributed by atoms with Gasteiger partial charge in [0.1, 0.15) is 11.2 Å². The van der Waals surface area contributed by atoms with Gasteiger partial charge in [0.2, 0.25) is 0 Å². The Bertz CT molecular complexity index is 2860. The van der Waals surface area contributed by atoms with E-state index in [0.717, 1.165) is 72.3 Å². The van der Waals surface area contributed by atoms with Gasteiger partial charge in [0.25, 0.3) is 0 Å². The van der Waals surface area contributed by atoms with Crippen molar-refractivity contribution in [1.29, 1.82) is 0 Å². The quantitative estimate of drug-likeness (QED) is 0.176. The maximum atomic E-state index is 6.52. The van der Waals surface area contributed by atoms with Crippen LogP contribution in [0.5, 0.6) is 0 Å². The van der Waals surface area contributed by atoms with Crippen molar-refractivity contribution in [3.05, 3.63) is 194 Å². The first-order valence-electron chi connectivity index (χ1n) is 17.9. The predicted octanol–water partition coefficient (Wildman–Crippen LogP) is 13.5. The lowest BCUT2D eigenvalue weighted by atomic mass is 9.93. The average molecular weight is 677 g/mol. The van der Waals surface area contributed by atoms with Crippen molar-refractivity contribution < 1.29 is 4.42 Å². The van der Waals surface area contributed by atoms with E-state index in [1.54, 1.807) is 0 Å². The Morgan fingerprint density at radius 3 is 1.55 bits per heavy atom. The van der Waals surface area contributed by atoms with E-state index in [1.165, 1.54) is 21.9 Å². The maximum Gasteiger partial charge on any atom is 0.160 e. The smallest absolute Gasteiger partial charge is 0.160 e. The molecule has 0 amide bonds. The van der Waals surface area contributed by atoms with Crippen LogP contribution in [0.4, 0.5) is 0 Å². The third-order valence-electron chi connectivity index (χ3n) is 10.1. The second-order valence-electron chi connectivity index (χ2n) is 13.4. The molecule has 0 unspecified atom stereocenters. The van der Waals surface area contributed by atoms with Crippen LogP contribution in [0, 0.1) is 0 Å². The molecule has 0 aliphatic carbocycles. The van der Waals surface area contributed by atoms with Crippen molar-refractivity contribution in [2.75, 3.05) is 0 Å². The second-order valence-corrected chi connectivity index (χ2v) is 13.4. The molecule has 0 N–H and O–H groups in total. The molecular formula is C50H32N2O. The van der Waals surface area contributed by atoms with E-state index in [-0.39, 0.29) is 0 Å². The highest BCUT2D eigenvalue weighted by atomic mass is 16.3. The van der Waals surface area contributed by atoms with Crippen LogP contribution in [0.25, 0.3) is 100.0 Å². The summed E-state index contributed by atoms with van der Waals surface area (Å²) in [7, 11) is 0. The van der Waals surface area contributed by atoms with Crippen molar-refractivity contribution >= 4 is 32.7 Å². The molecular weight excluding hydrogens is 645 g/mol. The lowest BCUT2D eigenvalue weighted by Gasteiger charge is -2.13. The van der Waals surface area contributed by atoms with Crippen LogP contribution in [-0.2, 0) is 0 Å². The molecule has 53 heavy (non-hydrogen) atoms. The van der Waals surface area contributed by atoms with Crippen molar-refractivity contribution in [2.24, 2.45) is 0 Å². The summed E-state index contributed by atoms with van der Waals surface area (Å²) >= 11 is 0. The number of hydrogen-bond acceptors (Lipinski definition) is 3. The van der Waals surface area contributed by atoms with Crippen LogP contribution in [0.2, 0.25) is 0 Å². The summed E-state index contributed by atoms with van der Waals surface area (Å²) in [5.41, 5.74) is 13.3. The first kappa shape index (κ1) is 30.7. The number of furan rings is 1. The van der Waals surface area contributed by atoms with Crippen molar-refractivity contribution in [3.63, 3.8) is 0 Å². The van der Waals surface area contributed by atoms with Crippen molar-refractivity contribution in [2.45, 2.75) is 0 Å². The lowest BCUT2D eigenvalue weighted by molar-refractivity contribution is 0.669. The summed E-state index contributed by atoms with van der Waals surface area (Å²) in [5, 5.41) is 4.67. The van der Waals surface area contributed by atoms with E-state index >= 15 is 0 Å². The molecule has 0 fully saturated rings. The van der Waals surface area contributed by atoms with Gasteiger partial charge in [0.15, 0.2) is 5.82 Å². The van der Waals surface area contributed by atoms with Crippen LogP contribution in [0.1, 0.15) is 0 Å². The fraction of sp³-hybridized carbons (Fsp3) is 0. The molecule has 0 aliphatic heterocycles. The minimum Gasteiger partial charge on any atom is -0.456 e. The summed E-state index contributed by atoms with van der Waals surface area (Å²) in [6, 6.07) is 68.1. The van der Waals surface area contributed by atoms with Crippen LogP contribution in [0.15, 0.2) is 199 Å². The SMILES string of the molecule is c1ccc(-c2ccc(-c3cc(-c4ccc5c(c4)oc4ccc6ccccc6c45)cc(-c4cc(-c5ccccc5)nc(-c5ccccc5)n4)c3)cc2)cc1. The van der Waals surface area contributed by atoms with Crippen molar-refractivity contribution in [1.82, 2.24) is 9.97 Å². The maximum absolute atomic E-state index is 6.52. The van der Waals surface area contributed by atoms with Gasteiger partial charge in [-0.3, -0.25) is 0 Å². The first-order chi connectivity index (χ1) is 26.2. The summed E-state index contributed by atoms with van der Waals surface area (Å²) in [4.78, 5) is 10.3. The van der Waals surface area contributed by atoms with Gasteiger partial charge in [-0.1, -0.05) is 152 Å². The van der Waals surface area contributed by atoms with Gasteiger partial charge in [0, 0.05) is 27.5 Å². The van der Waals surface area contributed by atoms with Crippen LogP contribution in [-0.4, -0.2) is 9.97 Å². The molecule has 3 nitrogen and oxygen atoms in total. The molecule has 10 aromatic rings. The highest BCUT2D eigenvalue weighted by Gasteiger charge is 2.16. The van der Waals surface area contributed by atoms with Gasteiger partial charge in [-0.25, -0.2) is 9.97 Å². The molecule has 0 bridgehead atoms. The first-order valence-corrected chi connectivity index (χ1v) is 17.9. The minimum atomic E-state index is 0.692. The molecule has 0 radical (unpaired) electrons. The number of fused-ring (bicyclic) bond motifs is 5. The second kappa shape index (κ2) is 12.9. The van der Waals surface area contributed by atoms with E-state index in [9.17, 15) is 0 Å². The highest BCUT2D eigenvalue weighted by Crippen LogP contribution is 2.39. The normalized spacial score (nSPS) is 11.4. The van der Waals surface area contributed by atoms with E-state index in [0.29, 0.717) is 5.82 Å². The monoisotopic (exact) mass is 676 g/mol. The Kier molecular flexibility index (Phi) is 7.47.